The van der Waals surface area contributed by atoms with Crippen LogP contribution >= 0.6 is 51.7 Å². The van der Waals surface area contributed by atoms with Crippen LogP contribution in [0.3, 0.4) is 0 Å². The van der Waals surface area contributed by atoms with Crippen molar-refractivity contribution in [3.8, 4) is 0 Å². The number of hydrogen-bond donors (Lipinski definition) is 0. The molecular formula is C14H12BrClN2S2. The van der Waals surface area contributed by atoms with Crippen LogP contribution in [0.5, 0.6) is 0 Å². The SMILES string of the molecule is Br.Clc1cccc2sc(C3=CSC4=NCCCN34)cc12. The van der Waals surface area contributed by atoms with Crippen LogP contribution in [0.15, 0.2) is 34.7 Å². The average molecular weight is 388 g/mol. The molecule has 104 valence electrons. The molecule has 0 atom stereocenters. The lowest BCUT2D eigenvalue weighted by Crippen LogP contribution is -2.28. The van der Waals surface area contributed by atoms with E-state index in [2.05, 4.69) is 27.4 Å². The summed E-state index contributed by atoms with van der Waals surface area (Å²) < 4.78 is 1.25. The number of amidine groups is 1. The van der Waals surface area contributed by atoms with Crippen molar-refractivity contribution >= 4 is 72.6 Å². The summed E-state index contributed by atoms with van der Waals surface area (Å²) in [5.41, 5.74) is 1.28. The molecule has 0 saturated heterocycles. The van der Waals surface area contributed by atoms with Crippen LogP contribution in [0.4, 0.5) is 0 Å². The zero-order valence-corrected chi connectivity index (χ0v) is 14.6. The number of halogens is 2. The predicted molar refractivity (Wildman–Crippen MR) is 96.4 cm³/mol. The van der Waals surface area contributed by atoms with Crippen molar-refractivity contribution in [1.82, 2.24) is 4.90 Å². The van der Waals surface area contributed by atoms with E-state index in [4.69, 9.17) is 11.6 Å². The van der Waals surface area contributed by atoms with E-state index >= 15 is 0 Å². The lowest BCUT2D eigenvalue weighted by Gasteiger charge is -2.24. The van der Waals surface area contributed by atoms with Gasteiger partial charge in [-0.05, 0) is 24.6 Å². The number of thiophene rings is 1. The predicted octanol–water partition coefficient (Wildman–Crippen LogP) is 5.24. The Labute approximate surface area is 141 Å². The van der Waals surface area contributed by atoms with Crippen molar-refractivity contribution in [2.75, 3.05) is 13.1 Å². The third-order valence-electron chi connectivity index (χ3n) is 3.35. The van der Waals surface area contributed by atoms with Gasteiger partial charge >= 0.3 is 0 Å². The molecule has 2 aliphatic rings. The van der Waals surface area contributed by atoms with Crippen molar-refractivity contribution in [2.24, 2.45) is 4.99 Å². The van der Waals surface area contributed by atoms with E-state index in [0.29, 0.717) is 0 Å². The highest BCUT2D eigenvalue weighted by molar-refractivity contribution is 8.93. The van der Waals surface area contributed by atoms with Gasteiger partial charge in [-0.25, -0.2) is 0 Å². The third kappa shape index (κ3) is 2.30. The summed E-state index contributed by atoms with van der Waals surface area (Å²) in [4.78, 5) is 8.18. The van der Waals surface area contributed by atoms with Gasteiger partial charge in [0.2, 0.25) is 0 Å². The zero-order chi connectivity index (χ0) is 12.8. The molecule has 2 aromatic rings. The van der Waals surface area contributed by atoms with Gasteiger partial charge in [0.05, 0.1) is 10.6 Å². The summed E-state index contributed by atoms with van der Waals surface area (Å²) in [6, 6.07) is 8.29. The maximum atomic E-state index is 6.26. The Hall–Kier alpha value is -0.490. The summed E-state index contributed by atoms with van der Waals surface area (Å²) in [5, 5.41) is 5.34. The third-order valence-corrected chi connectivity index (χ3v) is 5.70. The first-order valence-corrected chi connectivity index (χ1v) is 8.27. The lowest BCUT2D eigenvalue weighted by molar-refractivity contribution is 0.543. The molecule has 2 aliphatic heterocycles. The average Bonchev–Trinajstić information content (AvgIpc) is 3.02. The van der Waals surface area contributed by atoms with E-state index in [9.17, 15) is 0 Å². The summed E-state index contributed by atoms with van der Waals surface area (Å²) in [5.74, 6) is 0. The van der Waals surface area contributed by atoms with Crippen molar-refractivity contribution in [3.05, 3.63) is 39.6 Å². The van der Waals surface area contributed by atoms with Gasteiger partial charge in [-0.1, -0.05) is 29.4 Å². The fourth-order valence-corrected chi connectivity index (χ4v) is 4.85. The first kappa shape index (κ1) is 14.4. The molecule has 0 unspecified atom stereocenters. The molecule has 2 nitrogen and oxygen atoms in total. The number of aliphatic imine (C=N–C) groups is 1. The maximum Gasteiger partial charge on any atom is 0.168 e. The Bertz CT molecular complexity index is 723. The summed E-state index contributed by atoms with van der Waals surface area (Å²) in [6.07, 6.45) is 1.13. The molecule has 0 fully saturated rings. The van der Waals surface area contributed by atoms with Gasteiger partial charge in [-0.2, -0.15) is 0 Å². The van der Waals surface area contributed by atoms with Gasteiger partial charge in [-0.3, -0.25) is 4.99 Å². The molecule has 0 bridgehead atoms. The summed E-state index contributed by atoms with van der Waals surface area (Å²) in [7, 11) is 0. The van der Waals surface area contributed by atoms with Crippen molar-refractivity contribution in [3.63, 3.8) is 0 Å². The van der Waals surface area contributed by atoms with Crippen LogP contribution in [0.1, 0.15) is 11.3 Å². The quantitative estimate of drug-likeness (QED) is 0.665. The van der Waals surface area contributed by atoms with Crippen LogP contribution < -0.4 is 0 Å². The van der Waals surface area contributed by atoms with E-state index in [1.807, 2.05) is 12.1 Å². The second kappa shape index (κ2) is 5.72. The lowest BCUT2D eigenvalue weighted by atomic mass is 10.2. The van der Waals surface area contributed by atoms with E-state index in [-0.39, 0.29) is 17.0 Å². The number of fused-ring (bicyclic) bond motifs is 2. The van der Waals surface area contributed by atoms with E-state index in [1.54, 1.807) is 23.1 Å². The number of benzene rings is 1. The minimum absolute atomic E-state index is 0. The molecule has 0 spiro atoms. The van der Waals surface area contributed by atoms with Gasteiger partial charge in [-0.15, -0.1) is 28.3 Å². The van der Waals surface area contributed by atoms with E-state index in [0.717, 1.165) is 35.1 Å². The Morgan fingerprint density at radius 2 is 2.20 bits per heavy atom. The minimum Gasteiger partial charge on any atom is -0.319 e. The summed E-state index contributed by atoms with van der Waals surface area (Å²) in [6.45, 7) is 2.03. The van der Waals surface area contributed by atoms with Crippen molar-refractivity contribution in [1.29, 1.82) is 0 Å². The first-order chi connectivity index (χ1) is 9.33. The fraction of sp³-hybridized carbons (Fsp3) is 0.214. The largest absolute Gasteiger partial charge is 0.319 e. The van der Waals surface area contributed by atoms with Gasteiger partial charge in [0.15, 0.2) is 5.17 Å². The highest BCUT2D eigenvalue weighted by Gasteiger charge is 2.26. The molecule has 0 amide bonds. The molecule has 20 heavy (non-hydrogen) atoms. The second-order valence-corrected chi connectivity index (χ2v) is 6.88. The van der Waals surface area contributed by atoms with E-state index in [1.165, 1.54) is 15.3 Å². The van der Waals surface area contributed by atoms with Gasteiger partial charge in [0, 0.05) is 33.6 Å². The van der Waals surface area contributed by atoms with Gasteiger partial charge < -0.3 is 4.90 Å². The molecule has 0 radical (unpaired) electrons. The number of hydrogen-bond acceptors (Lipinski definition) is 4. The van der Waals surface area contributed by atoms with Crippen LogP contribution in [0, 0.1) is 0 Å². The van der Waals surface area contributed by atoms with Crippen molar-refractivity contribution in [2.45, 2.75) is 6.42 Å². The number of nitrogens with zero attached hydrogens (tertiary/aromatic N) is 2. The van der Waals surface area contributed by atoms with Crippen LogP contribution in [-0.2, 0) is 0 Å². The maximum absolute atomic E-state index is 6.26. The molecule has 6 heteroatoms. The second-order valence-electron chi connectivity index (χ2n) is 4.55. The Morgan fingerprint density at radius 1 is 1.30 bits per heavy atom. The highest BCUT2D eigenvalue weighted by atomic mass is 79.9. The summed E-state index contributed by atoms with van der Waals surface area (Å²) >= 11 is 9.79. The Morgan fingerprint density at radius 3 is 3.05 bits per heavy atom. The molecular weight excluding hydrogens is 376 g/mol. The Balaban J connectivity index is 0.00000121. The highest BCUT2D eigenvalue weighted by Crippen LogP contribution is 2.41. The molecule has 4 rings (SSSR count). The monoisotopic (exact) mass is 386 g/mol. The number of thioether (sulfide) groups is 1. The molecule has 3 heterocycles. The smallest absolute Gasteiger partial charge is 0.168 e. The normalized spacial score (nSPS) is 17.6. The molecule has 1 aromatic heterocycles. The van der Waals surface area contributed by atoms with Crippen LogP contribution in [0.25, 0.3) is 15.8 Å². The standard InChI is InChI=1S/C14H11ClN2S2.BrH/c15-10-3-1-4-12-9(10)7-13(19-12)11-8-18-14-16-5-2-6-17(11)14;/h1,3-4,7-8H,2,5-6H2;1H. The molecule has 0 saturated carbocycles. The van der Waals surface area contributed by atoms with Crippen LogP contribution in [0.2, 0.25) is 5.02 Å². The topological polar surface area (TPSA) is 15.6 Å². The zero-order valence-electron chi connectivity index (χ0n) is 10.5. The molecule has 0 aliphatic carbocycles. The molecule has 0 N–H and O–H groups in total. The Kier molecular flexibility index (Phi) is 4.13. The number of rotatable bonds is 1. The molecule has 1 aromatic carbocycles. The van der Waals surface area contributed by atoms with Crippen LogP contribution in [-0.4, -0.2) is 23.2 Å². The fourth-order valence-electron chi connectivity index (χ4n) is 2.42. The first-order valence-electron chi connectivity index (χ1n) is 6.20. The van der Waals surface area contributed by atoms with E-state index < -0.39 is 0 Å². The minimum atomic E-state index is 0. The van der Waals surface area contributed by atoms with Gasteiger partial charge in [0.25, 0.3) is 0 Å². The van der Waals surface area contributed by atoms with Gasteiger partial charge in [0.1, 0.15) is 0 Å². The van der Waals surface area contributed by atoms with Crippen molar-refractivity contribution < 1.29 is 0 Å².